The molecule has 0 saturated carbocycles. The summed E-state index contributed by atoms with van der Waals surface area (Å²) in [5, 5.41) is 3.75. The lowest BCUT2D eigenvalue weighted by Crippen LogP contribution is -2.34. The number of fused-ring (bicyclic) bond motifs is 1. The number of nitrogens with zero attached hydrogens (tertiary/aromatic N) is 3. The van der Waals surface area contributed by atoms with Crippen LogP contribution in [0.1, 0.15) is 40.4 Å². The molecule has 2 heterocycles. The first-order valence-corrected chi connectivity index (χ1v) is 13.3. The van der Waals surface area contributed by atoms with Crippen molar-refractivity contribution >= 4 is 39.9 Å². The number of rotatable bonds is 6. The number of allylic oxidation sites excluding steroid dienone is 3. The summed E-state index contributed by atoms with van der Waals surface area (Å²) in [6.07, 6.45) is 0.686. The van der Waals surface area contributed by atoms with E-state index in [-0.39, 0.29) is 28.6 Å². The molecule has 0 bridgehead atoms. The van der Waals surface area contributed by atoms with Gasteiger partial charge in [0, 0.05) is 47.2 Å². The minimum absolute atomic E-state index is 0.0592. The van der Waals surface area contributed by atoms with Crippen molar-refractivity contribution in [3.63, 3.8) is 0 Å². The van der Waals surface area contributed by atoms with Gasteiger partial charge >= 0.3 is 6.18 Å². The number of anilines is 2. The van der Waals surface area contributed by atoms with E-state index in [1.165, 1.54) is 11.1 Å². The van der Waals surface area contributed by atoms with Crippen molar-refractivity contribution in [3.8, 4) is 11.8 Å². The molecule has 0 unspecified atom stereocenters. The van der Waals surface area contributed by atoms with Crippen LogP contribution in [-0.4, -0.2) is 29.1 Å². The highest BCUT2D eigenvalue weighted by Gasteiger charge is 2.32. The third-order valence-corrected chi connectivity index (χ3v) is 6.63. The molecule has 6 nitrogen and oxygen atoms in total. The quantitative estimate of drug-likeness (QED) is 0.184. The number of nitrogens with two attached hydrogens (primary N) is 1. The van der Waals surface area contributed by atoms with E-state index in [4.69, 9.17) is 17.3 Å². The fourth-order valence-corrected chi connectivity index (χ4v) is 4.16. The van der Waals surface area contributed by atoms with Crippen molar-refractivity contribution in [2.75, 3.05) is 17.7 Å². The first-order valence-electron chi connectivity index (χ1n) is 12.9. The number of hydrogen-bond acceptors (Lipinski definition) is 5. The number of carbonyl (C=O) groups excluding carboxylic acids is 1. The van der Waals surface area contributed by atoms with Gasteiger partial charge < -0.3 is 16.0 Å². The fraction of sp³-hybridized carbons (Fsp3) is 0.156. The molecule has 0 spiro atoms. The Balaban J connectivity index is 1.70. The van der Waals surface area contributed by atoms with Gasteiger partial charge in [-0.25, -0.2) is 4.98 Å². The predicted molar refractivity (Wildman–Crippen MR) is 161 cm³/mol. The molecule has 0 aliphatic carbocycles. The molecule has 42 heavy (non-hydrogen) atoms. The number of aromatic nitrogens is 2. The molecule has 0 fully saturated rings. The number of alkyl halides is 3. The second-order valence-electron chi connectivity index (χ2n) is 9.36. The summed E-state index contributed by atoms with van der Waals surface area (Å²) in [5.74, 6) is 5.47. The average Bonchev–Trinajstić information content (AvgIpc) is 2.96. The maximum absolute atomic E-state index is 13.9. The van der Waals surface area contributed by atoms with Crippen molar-refractivity contribution in [3.05, 3.63) is 118 Å². The minimum atomic E-state index is -4.62. The van der Waals surface area contributed by atoms with Crippen LogP contribution in [0.3, 0.4) is 0 Å². The van der Waals surface area contributed by atoms with E-state index in [0.29, 0.717) is 16.8 Å². The SMILES string of the molecule is CC/C=C(/C=C(/NC(=O)c1ccc(C)c(C#Cc2cnc(N)c(Cl)c2)c1)N(C)c1ccc2ncccc2c1)C(F)(F)F. The Hall–Kier alpha value is -4.81. The number of halogens is 4. The van der Waals surface area contributed by atoms with Gasteiger partial charge in [0.15, 0.2) is 0 Å². The molecular weight excluding hydrogens is 563 g/mol. The van der Waals surface area contributed by atoms with Gasteiger partial charge in [-0.05, 0) is 67.4 Å². The van der Waals surface area contributed by atoms with Gasteiger partial charge in [0.2, 0.25) is 0 Å². The Morgan fingerprint density at radius 1 is 1.12 bits per heavy atom. The number of amides is 1. The average molecular weight is 590 g/mol. The van der Waals surface area contributed by atoms with Crippen molar-refractivity contribution in [2.45, 2.75) is 26.4 Å². The van der Waals surface area contributed by atoms with Gasteiger partial charge in [-0.15, -0.1) is 0 Å². The van der Waals surface area contributed by atoms with Crippen molar-refractivity contribution < 1.29 is 18.0 Å². The second kappa shape index (κ2) is 12.8. The number of nitrogens with one attached hydrogen (secondary N) is 1. The zero-order chi connectivity index (χ0) is 30.4. The molecule has 2 aromatic carbocycles. The highest BCUT2D eigenvalue weighted by molar-refractivity contribution is 6.32. The molecule has 2 aromatic heterocycles. The lowest BCUT2D eigenvalue weighted by Gasteiger charge is -2.25. The number of carbonyl (C=O) groups is 1. The largest absolute Gasteiger partial charge is 0.416 e. The highest BCUT2D eigenvalue weighted by atomic mass is 35.5. The highest BCUT2D eigenvalue weighted by Crippen LogP contribution is 2.30. The van der Waals surface area contributed by atoms with Crippen molar-refractivity contribution in [1.29, 1.82) is 0 Å². The van der Waals surface area contributed by atoms with E-state index < -0.39 is 17.7 Å². The summed E-state index contributed by atoms with van der Waals surface area (Å²) in [5.41, 5.74) is 8.18. The molecule has 0 saturated heterocycles. The van der Waals surface area contributed by atoms with Gasteiger partial charge in [-0.2, -0.15) is 13.2 Å². The lowest BCUT2D eigenvalue weighted by molar-refractivity contribution is -0.0885. The lowest BCUT2D eigenvalue weighted by atomic mass is 10.0. The number of benzene rings is 2. The molecule has 1 amide bonds. The second-order valence-corrected chi connectivity index (χ2v) is 9.77. The predicted octanol–water partition coefficient (Wildman–Crippen LogP) is 7.18. The number of hydrogen-bond donors (Lipinski definition) is 2. The number of nitrogen functional groups attached to an aromatic ring is 1. The smallest absolute Gasteiger partial charge is 0.382 e. The van der Waals surface area contributed by atoms with E-state index in [1.54, 1.807) is 68.7 Å². The maximum atomic E-state index is 13.9. The summed E-state index contributed by atoms with van der Waals surface area (Å²) in [7, 11) is 1.58. The first kappa shape index (κ1) is 30.2. The fourth-order valence-electron chi connectivity index (χ4n) is 3.99. The molecule has 0 atom stereocenters. The molecule has 3 N–H and O–H groups in total. The van der Waals surface area contributed by atoms with Crippen LogP contribution in [0.15, 0.2) is 90.5 Å². The molecule has 10 heteroatoms. The minimum Gasteiger partial charge on any atom is -0.382 e. The molecule has 4 aromatic rings. The number of aryl methyl sites for hydroxylation is 1. The maximum Gasteiger partial charge on any atom is 0.416 e. The standard InChI is InChI=1S/C32H27ClF3N5O/c1-4-6-25(32(34,35)36)18-29(41(3)26-12-13-28-23(17-26)7-5-14-38-28)40-31(42)24-10-8-20(2)22(16-24)11-9-21-15-27(33)30(37)39-19-21/h5-8,10,12-19H,4H2,1-3H3,(H2,37,39)(H,40,42)/b25-6-,29-18-. The van der Waals surface area contributed by atoms with Crippen LogP contribution in [0.2, 0.25) is 5.02 Å². The Kier molecular flexibility index (Phi) is 9.18. The Bertz CT molecular complexity index is 1770. The Morgan fingerprint density at radius 3 is 2.62 bits per heavy atom. The number of pyridine rings is 2. The third kappa shape index (κ3) is 7.28. The van der Waals surface area contributed by atoms with Crippen LogP contribution < -0.4 is 16.0 Å². The van der Waals surface area contributed by atoms with Crippen molar-refractivity contribution in [2.24, 2.45) is 0 Å². The van der Waals surface area contributed by atoms with E-state index in [1.807, 2.05) is 13.0 Å². The molecule has 0 aliphatic rings. The van der Waals surface area contributed by atoms with Crippen LogP contribution in [0.4, 0.5) is 24.7 Å². The van der Waals surface area contributed by atoms with Crippen LogP contribution >= 0.6 is 11.6 Å². The zero-order valence-corrected chi connectivity index (χ0v) is 23.8. The molecule has 4 rings (SSSR count). The topological polar surface area (TPSA) is 84.1 Å². The monoisotopic (exact) mass is 589 g/mol. The summed E-state index contributed by atoms with van der Waals surface area (Å²) >= 11 is 6.03. The zero-order valence-electron chi connectivity index (χ0n) is 23.1. The molecular formula is C32H27ClF3N5O. The van der Waals surface area contributed by atoms with Gasteiger partial charge in [-0.1, -0.05) is 48.6 Å². The van der Waals surface area contributed by atoms with E-state index >= 15 is 0 Å². The molecule has 0 aliphatic heterocycles. The Morgan fingerprint density at radius 2 is 1.90 bits per heavy atom. The van der Waals surface area contributed by atoms with Gasteiger partial charge in [0.25, 0.3) is 5.91 Å². The summed E-state index contributed by atoms with van der Waals surface area (Å²) in [4.78, 5) is 23.2. The molecule has 214 valence electrons. The van der Waals surface area contributed by atoms with E-state index in [9.17, 15) is 18.0 Å². The first-order chi connectivity index (χ1) is 20.0. The van der Waals surface area contributed by atoms with Crippen LogP contribution in [0, 0.1) is 18.8 Å². The van der Waals surface area contributed by atoms with E-state index in [0.717, 1.165) is 28.6 Å². The summed E-state index contributed by atoms with van der Waals surface area (Å²) < 4.78 is 41.7. The van der Waals surface area contributed by atoms with Crippen LogP contribution in [0.25, 0.3) is 10.9 Å². The van der Waals surface area contributed by atoms with Gasteiger partial charge in [0.1, 0.15) is 11.6 Å². The third-order valence-electron chi connectivity index (χ3n) is 6.33. The normalized spacial score (nSPS) is 12.1. The van der Waals surface area contributed by atoms with E-state index in [2.05, 4.69) is 27.1 Å². The van der Waals surface area contributed by atoms with Gasteiger partial charge in [0.05, 0.1) is 16.1 Å². The summed E-state index contributed by atoms with van der Waals surface area (Å²) in [6, 6.07) is 15.4. The van der Waals surface area contributed by atoms with Crippen LogP contribution in [-0.2, 0) is 0 Å². The van der Waals surface area contributed by atoms with Gasteiger partial charge in [-0.3, -0.25) is 9.78 Å². The Labute approximate surface area is 246 Å². The van der Waals surface area contributed by atoms with Crippen molar-refractivity contribution in [1.82, 2.24) is 15.3 Å². The summed E-state index contributed by atoms with van der Waals surface area (Å²) in [6.45, 7) is 3.44. The van der Waals surface area contributed by atoms with Crippen LogP contribution in [0.5, 0.6) is 0 Å². The molecule has 0 radical (unpaired) electrons.